The Kier molecular flexibility index (Phi) is 11.7. The lowest BCUT2D eigenvalue weighted by Gasteiger charge is -2.72. The molecule has 6 rings (SSSR count). The number of carboxylic acid groups (broad SMARTS) is 1. The number of nitrogens with zero attached hydrogens (tertiary/aromatic N) is 1. The highest BCUT2D eigenvalue weighted by atomic mass is 16.5. The monoisotopic (exact) mass is 725 g/mol. The van der Waals surface area contributed by atoms with Gasteiger partial charge in [0.2, 0.25) is 0 Å². The smallest absolute Gasteiger partial charge is 0.309 e. The minimum absolute atomic E-state index is 0.0750. The van der Waals surface area contributed by atoms with E-state index in [4.69, 9.17) is 4.74 Å². The van der Waals surface area contributed by atoms with Crippen LogP contribution in [0.15, 0.2) is 0 Å². The fourth-order valence-corrected chi connectivity index (χ4v) is 14.4. The number of aliphatic carboxylic acids is 1. The van der Waals surface area contributed by atoms with E-state index >= 15 is 0 Å². The van der Waals surface area contributed by atoms with Gasteiger partial charge >= 0.3 is 11.9 Å². The number of carboxylic acids is 1. The highest BCUT2D eigenvalue weighted by Gasteiger charge is 2.69. The standard InChI is InChI=1S/C46H80N2O4/c1-10-48-29-21-32(22-30-48)47-28-13-11-12-16-34(43(6)26-27-43)33-15-14-23-45(8)35(33)17-18-37-44(7)24-20-38(52-39(49)31-41(2,3)40(50)51)42(4,5)36(44)19-25-46(37,45)9/h32-38,47H,10-31H2,1-9H3,(H,50,51)/t33-,34-,35-,36+,37-,38+,44+,45-,46-/m1/s1. The van der Waals surface area contributed by atoms with E-state index in [1.807, 2.05) is 0 Å². The number of carbonyl (C=O) groups excluding carboxylic acids is 1. The quantitative estimate of drug-likeness (QED) is 0.137. The van der Waals surface area contributed by atoms with Crippen LogP contribution in [0.3, 0.4) is 0 Å². The van der Waals surface area contributed by atoms with Gasteiger partial charge in [0, 0.05) is 11.5 Å². The molecule has 298 valence electrons. The summed E-state index contributed by atoms with van der Waals surface area (Å²) >= 11 is 0. The van der Waals surface area contributed by atoms with Crippen LogP contribution in [0, 0.1) is 62.1 Å². The Balaban J connectivity index is 1.09. The molecule has 0 amide bonds. The van der Waals surface area contributed by atoms with Crippen molar-refractivity contribution in [3.8, 4) is 0 Å². The van der Waals surface area contributed by atoms with Crippen LogP contribution < -0.4 is 5.32 Å². The Morgan fingerprint density at radius 1 is 0.827 bits per heavy atom. The molecule has 5 aliphatic carbocycles. The van der Waals surface area contributed by atoms with Crippen molar-refractivity contribution >= 4 is 11.9 Å². The van der Waals surface area contributed by atoms with Crippen LogP contribution in [-0.4, -0.2) is 60.3 Å². The molecule has 0 unspecified atom stereocenters. The van der Waals surface area contributed by atoms with Gasteiger partial charge in [-0.25, -0.2) is 0 Å². The Morgan fingerprint density at radius 2 is 1.54 bits per heavy atom. The lowest BCUT2D eigenvalue weighted by atomic mass is 9.33. The average Bonchev–Trinajstić information content (AvgIpc) is 3.83. The molecular weight excluding hydrogens is 645 g/mol. The molecule has 0 spiro atoms. The lowest BCUT2D eigenvalue weighted by molar-refractivity contribution is -0.244. The fraction of sp³-hybridized carbons (Fsp3) is 0.957. The SMILES string of the molecule is CCN1CCC(NCCCCC[C@H]([C@H]2CCC[C@]3(C)[C@@H]2CC[C@@H]2[C@@]4(C)CC[C@H](OC(=O)CC(C)(C)C(=O)O)C(C)(C)[C@@H]4CC[C@]23C)C2(C)CC2)CC1. The van der Waals surface area contributed by atoms with Gasteiger partial charge in [-0.3, -0.25) is 9.59 Å². The Hall–Kier alpha value is -1.14. The number of unbranched alkanes of at least 4 members (excludes halogenated alkanes) is 2. The molecule has 9 atom stereocenters. The number of hydrogen-bond acceptors (Lipinski definition) is 5. The van der Waals surface area contributed by atoms with Crippen molar-refractivity contribution in [2.75, 3.05) is 26.2 Å². The van der Waals surface area contributed by atoms with Crippen molar-refractivity contribution < 1.29 is 19.4 Å². The third-order valence-corrected chi connectivity index (χ3v) is 18.2. The van der Waals surface area contributed by atoms with Crippen LogP contribution in [-0.2, 0) is 14.3 Å². The molecule has 1 saturated heterocycles. The molecule has 6 heteroatoms. The van der Waals surface area contributed by atoms with Crippen molar-refractivity contribution in [2.24, 2.45) is 62.1 Å². The van der Waals surface area contributed by atoms with Crippen LogP contribution >= 0.6 is 0 Å². The van der Waals surface area contributed by atoms with Crippen LogP contribution in [0.5, 0.6) is 0 Å². The number of esters is 1. The second kappa shape index (κ2) is 15.1. The Morgan fingerprint density at radius 3 is 2.19 bits per heavy atom. The molecule has 1 heterocycles. The number of fused-ring (bicyclic) bond motifs is 5. The van der Waals surface area contributed by atoms with Crippen molar-refractivity contribution in [3.05, 3.63) is 0 Å². The van der Waals surface area contributed by atoms with Crippen molar-refractivity contribution in [1.82, 2.24) is 10.2 Å². The first-order chi connectivity index (χ1) is 24.4. The summed E-state index contributed by atoms with van der Waals surface area (Å²) in [5.41, 5.74) is 0.321. The molecule has 6 nitrogen and oxygen atoms in total. The summed E-state index contributed by atoms with van der Waals surface area (Å²) in [4.78, 5) is 27.4. The summed E-state index contributed by atoms with van der Waals surface area (Å²) in [6.07, 6.45) is 22.4. The maximum Gasteiger partial charge on any atom is 0.309 e. The summed E-state index contributed by atoms with van der Waals surface area (Å²) in [5.74, 6) is 2.55. The number of carbonyl (C=O) groups is 2. The number of piperidine rings is 1. The van der Waals surface area contributed by atoms with Gasteiger partial charge in [-0.1, -0.05) is 67.7 Å². The first-order valence-corrected chi connectivity index (χ1v) is 22.3. The van der Waals surface area contributed by atoms with E-state index in [-0.39, 0.29) is 29.3 Å². The normalized spacial score (nSPS) is 39.4. The largest absolute Gasteiger partial charge is 0.481 e. The topological polar surface area (TPSA) is 78.9 Å². The third kappa shape index (κ3) is 7.41. The van der Waals surface area contributed by atoms with Crippen LogP contribution in [0.2, 0.25) is 0 Å². The minimum Gasteiger partial charge on any atom is -0.481 e. The summed E-state index contributed by atoms with van der Waals surface area (Å²) in [6.45, 7) is 26.0. The van der Waals surface area contributed by atoms with Crippen molar-refractivity contribution in [2.45, 2.75) is 190 Å². The Bertz CT molecular complexity index is 1270. The minimum atomic E-state index is -1.11. The molecule has 1 aliphatic heterocycles. The molecular formula is C46H80N2O4. The number of ether oxygens (including phenoxy) is 1. The van der Waals surface area contributed by atoms with E-state index in [1.54, 1.807) is 13.8 Å². The first-order valence-electron chi connectivity index (χ1n) is 22.3. The molecule has 0 aromatic heterocycles. The average molecular weight is 725 g/mol. The second-order valence-electron chi connectivity index (χ2n) is 21.7. The van der Waals surface area contributed by atoms with Crippen LogP contribution in [0.25, 0.3) is 0 Å². The van der Waals surface area contributed by atoms with Gasteiger partial charge in [-0.2, -0.15) is 0 Å². The van der Waals surface area contributed by atoms with Gasteiger partial charge in [-0.05, 0) is 181 Å². The van der Waals surface area contributed by atoms with E-state index in [0.717, 1.165) is 36.6 Å². The van der Waals surface area contributed by atoms with E-state index in [0.29, 0.717) is 28.1 Å². The van der Waals surface area contributed by atoms with E-state index in [2.05, 4.69) is 58.7 Å². The molecule has 52 heavy (non-hydrogen) atoms. The molecule has 0 bridgehead atoms. The predicted molar refractivity (Wildman–Crippen MR) is 212 cm³/mol. The van der Waals surface area contributed by atoms with Crippen molar-refractivity contribution in [3.63, 3.8) is 0 Å². The third-order valence-electron chi connectivity index (χ3n) is 18.2. The molecule has 0 aromatic carbocycles. The van der Waals surface area contributed by atoms with Gasteiger partial charge in [0.15, 0.2) is 0 Å². The lowest BCUT2D eigenvalue weighted by Crippen LogP contribution is -2.66. The van der Waals surface area contributed by atoms with Gasteiger partial charge in [0.05, 0.1) is 11.8 Å². The zero-order chi connectivity index (χ0) is 37.7. The zero-order valence-corrected chi connectivity index (χ0v) is 35.2. The van der Waals surface area contributed by atoms with Crippen LogP contribution in [0.4, 0.5) is 0 Å². The van der Waals surface area contributed by atoms with E-state index < -0.39 is 11.4 Å². The second-order valence-corrected chi connectivity index (χ2v) is 21.7. The maximum atomic E-state index is 13.1. The van der Waals surface area contributed by atoms with Crippen molar-refractivity contribution in [1.29, 1.82) is 0 Å². The van der Waals surface area contributed by atoms with Gasteiger partial charge in [0.1, 0.15) is 6.10 Å². The Labute approximate surface area is 319 Å². The number of nitrogens with one attached hydrogen (secondary N) is 1. The zero-order valence-electron chi connectivity index (χ0n) is 35.2. The highest BCUT2D eigenvalue weighted by Crippen LogP contribution is 2.75. The van der Waals surface area contributed by atoms with Crippen LogP contribution in [0.1, 0.15) is 178 Å². The predicted octanol–water partition coefficient (Wildman–Crippen LogP) is 10.5. The van der Waals surface area contributed by atoms with E-state index in [9.17, 15) is 14.7 Å². The number of rotatable bonds is 14. The molecule has 0 aromatic rings. The number of likely N-dealkylation sites (tertiary alicyclic amines) is 1. The highest BCUT2D eigenvalue weighted by molar-refractivity contribution is 5.81. The van der Waals surface area contributed by atoms with Gasteiger partial charge < -0.3 is 20.1 Å². The summed E-state index contributed by atoms with van der Waals surface area (Å²) in [6, 6.07) is 0.733. The van der Waals surface area contributed by atoms with Gasteiger partial charge in [0.25, 0.3) is 0 Å². The molecule has 0 radical (unpaired) electrons. The molecule has 5 saturated carbocycles. The van der Waals surface area contributed by atoms with Gasteiger partial charge in [-0.15, -0.1) is 0 Å². The first kappa shape index (κ1) is 40.5. The molecule has 6 fully saturated rings. The molecule has 6 aliphatic rings. The fourth-order valence-electron chi connectivity index (χ4n) is 14.4. The summed E-state index contributed by atoms with van der Waals surface area (Å²) in [5, 5.41) is 13.5. The van der Waals surface area contributed by atoms with E-state index in [1.165, 1.54) is 122 Å². The summed E-state index contributed by atoms with van der Waals surface area (Å²) < 4.78 is 6.21. The molecule has 2 N–H and O–H groups in total. The number of hydrogen-bond donors (Lipinski definition) is 2. The maximum absolute atomic E-state index is 13.1. The summed E-state index contributed by atoms with van der Waals surface area (Å²) in [7, 11) is 0.